The molecule has 1 N–H and O–H groups in total. The molecule has 2 aliphatic rings. The highest BCUT2D eigenvalue weighted by Crippen LogP contribution is 2.23. The highest BCUT2D eigenvalue weighted by molar-refractivity contribution is 6.22. The van der Waals surface area contributed by atoms with Crippen molar-refractivity contribution >= 4 is 29.4 Å². The van der Waals surface area contributed by atoms with Crippen LogP contribution in [0.3, 0.4) is 0 Å². The molecule has 9 heteroatoms. The summed E-state index contributed by atoms with van der Waals surface area (Å²) in [4.78, 5) is 53.5. The summed E-state index contributed by atoms with van der Waals surface area (Å²) in [6.07, 6.45) is 0.0776. The van der Waals surface area contributed by atoms with Gasteiger partial charge in [0.05, 0.1) is 56.5 Å². The fourth-order valence-corrected chi connectivity index (χ4v) is 4.24. The van der Waals surface area contributed by atoms with Crippen molar-refractivity contribution in [3.8, 4) is 0 Å². The molecular weight excluding hydrogens is 417 g/mol. The molecule has 1 atom stereocenters. The highest BCUT2D eigenvalue weighted by atomic mass is 19.1. The second kappa shape index (κ2) is 8.88. The van der Waals surface area contributed by atoms with E-state index in [1.807, 2.05) is 0 Å². The summed E-state index contributed by atoms with van der Waals surface area (Å²) in [5.41, 5.74) is 0.765. The SMILES string of the molecule is COC(=O)c1ccc(N2C(=O)CC([NH+]3CCN(C(=O)c4ccccc4F)CC3)C2=O)cc1. The normalized spacial score (nSPS) is 19.4. The minimum absolute atomic E-state index is 0.0321. The Hall–Kier alpha value is -3.59. The van der Waals surface area contributed by atoms with Gasteiger partial charge in [-0.2, -0.15) is 0 Å². The number of carbonyl (C=O) groups is 4. The fraction of sp³-hybridized carbons (Fsp3) is 0.304. The number of esters is 1. The van der Waals surface area contributed by atoms with Gasteiger partial charge < -0.3 is 14.5 Å². The Kier molecular flexibility index (Phi) is 6.00. The van der Waals surface area contributed by atoms with E-state index in [2.05, 4.69) is 4.74 Å². The molecule has 0 bridgehead atoms. The van der Waals surface area contributed by atoms with Crippen LogP contribution in [-0.4, -0.2) is 67.9 Å². The zero-order valence-corrected chi connectivity index (χ0v) is 17.5. The van der Waals surface area contributed by atoms with Gasteiger partial charge in [-0.3, -0.25) is 14.4 Å². The smallest absolute Gasteiger partial charge is 0.337 e. The molecule has 0 aliphatic carbocycles. The van der Waals surface area contributed by atoms with Gasteiger partial charge in [-0.05, 0) is 36.4 Å². The number of nitrogens with one attached hydrogen (secondary N) is 1. The molecule has 0 saturated carbocycles. The molecule has 0 radical (unpaired) electrons. The first-order valence-electron chi connectivity index (χ1n) is 10.3. The van der Waals surface area contributed by atoms with E-state index in [4.69, 9.17) is 0 Å². The number of halogens is 1. The van der Waals surface area contributed by atoms with E-state index in [0.717, 1.165) is 9.80 Å². The maximum Gasteiger partial charge on any atom is 0.337 e. The summed E-state index contributed by atoms with van der Waals surface area (Å²) in [6, 6.07) is 11.4. The summed E-state index contributed by atoms with van der Waals surface area (Å²) in [7, 11) is 1.28. The lowest BCUT2D eigenvalue weighted by Crippen LogP contribution is -3.19. The maximum atomic E-state index is 13.9. The van der Waals surface area contributed by atoms with Crippen molar-refractivity contribution in [3.05, 3.63) is 65.5 Å². The van der Waals surface area contributed by atoms with Gasteiger partial charge in [-0.1, -0.05) is 12.1 Å². The van der Waals surface area contributed by atoms with E-state index < -0.39 is 17.8 Å². The standard InChI is InChI=1S/C23H22FN3O5/c1-32-23(31)15-6-8-16(9-7-15)27-20(28)14-19(22(27)30)25-10-12-26(13-11-25)21(29)17-4-2-3-5-18(17)24/h2-9,19H,10-14H2,1H3/p+1. The fourth-order valence-electron chi connectivity index (χ4n) is 4.24. The van der Waals surface area contributed by atoms with E-state index in [-0.39, 0.29) is 29.7 Å². The molecule has 2 saturated heterocycles. The number of hydrogen-bond donors (Lipinski definition) is 1. The first kappa shape index (κ1) is 21.6. The second-order valence-corrected chi connectivity index (χ2v) is 7.79. The number of carbonyl (C=O) groups excluding carboxylic acids is 4. The number of benzene rings is 2. The third-order valence-corrected chi connectivity index (χ3v) is 5.98. The molecule has 4 rings (SSSR count). The lowest BCUT2D eigenvalue weighted by molar-refractivity contribution is -0.918. The van der Waals surface area contributed by atoms with E-state index >= 15 is 0 Å². The van der Waals surface area contributed by atoms with Crippen LogP contribution in [0.2, 0.25) is 0 Å². The predicted molar refractivity (Wildman–Crippen MR) is 112 cm³/mol. The van der Waals surface area contributed by atoms with E-state index in [1.165, 1.54) is 37.4 Å². The molecule has 3 amide bonds. The number of anilines is 1. The number of quaternary nitrogens is 1. The lowest BCUT2D eigenvalue weighted by Gasteiger charge is -2.34. The number of hydrogen-bond acceptors (Lipinski definition) is 5. The second-order valence-electron chi connectivity index (χ2n) is 7.79. The zero-order chi connectivity index (χ0) is 22.8. The quantitative estimate of drug-likeness (QED) is 0.545. The first-order valence-corrected chi connectivity index (χ1v) is 10.3. The van der Waals surface area contributed by atoms with Crippen molar-refractivity contribution in [2.75, 3.05) is 38.2 Å². The van der Waals surface area contributed by atoms with Gasteiger partial charge >= 0.3 is 5.97 Å². The number of ether oxygens (including phenoxy) is 1. The maximum absolute atomic E-state index is 13.9. The Morgan fingerprint density at radius 3 is 2.31 bits per heavy atom. The van der Waals surface area contributed by atoms with Crippen molar-refractivity contribution in [2.24, 2.45) is 0 Å². The number of methoxy groups -OCH3 is 1. The minimum Gasteiger partial charge on any atom is -0.465 e. The van der Waals surface area contributed by atoms with Gasteiger partial charge in [0.25, 0.3) is 11.8 Å². The number of piperazine rings is 1. The lowest BCUT2D eigenvalue weighted by atomic mass is 10.1. The predicted octanol–water partition coefficient (Wildman–Crippen LogP) is 0.285. The molecule has 0 aromatic heterocycles. The molecule has 32 heavy (non-hydrogen) atoms. The van der Waals surface area contributed by atoms with E-state index in [1.54, 1.807) is 23.1 Å². The van der Waals surface area contributed by atoms with Crippen LogP contribution in [0.4, 0.5) is 10.1 Å². The average Bonchev–Trinajstić information content (AvgIpc) is 3.12. The van der Waals surface area contributed by atoms with Crippen molar-refractivity contribution in [1.82, 2.24) is 4.90 Å². The molecular formula is C23H23FN3O5+. The molecule has 2 aliphatic heterocycles. The third kappa shape index (κ3) is 3.99. The van der Waals surface area contributed by atoms with Crippen LogP contribution in [-0.2, 0) is 14.3 Å². The highest BCUT2D eigenvalue weighted by Gasteiger charge is 2.46. The van der Waals surface area contributed by atoms with Crippen LogP contribution in [0.25, 0.3) is 0 Å². The number of amides is 3. The summed E-state index contributed by atoms with van der Waals surface area (Å²) >= 11 is 0. The van der Waals surface area contributed by atoms with Crippen molar-refractivity contribution in [1.29, 1.82) is 0 Å². The first-order chi connectivity index (χ1) is 15.4. The van der Waals surface area contributed by atoms with Gasteiger partial charge in [-0.15, -0.1) is 0 Å². The Balaban J connectivity index is 1.41. The summed E-state index contributed by atoms with van der Waals surface area (Å²) < 4.78 is 18.6. The zero-order valence-electron chi connectivity index (χ0n) is 17.5. The molecule has 2 heterocycles. The summed E-state index contributed by atoms with van der Waals surface area (Å²) in [6.45, 7) is 1.71. The van der Waals surface area contributed by atoms with Crippen molar-refractivity contribution < 1.29 is 33.2 Å². The average molecular weight is 440 g/mol. The van der Waals surface area contributed by atoms with Crippen LogP contribution in [0.5, 0.6) is 0 Å². The van der Waals surface area contributed by atoms with Crippen molar-refractivity contribution in [3.63, 3.8) is 0 Å². The molecule has 1 unspecified atom stereocenters. The largest absolute Gasteiger partial charge is 0.465 e. The summed E-state index contributed by atoms with van der Waals surface area (Å²) in [5.74, 6) is -2.03. The van der Waals surface area contributed by atoms with Crippen molar-refractivity contribution in [2.45, 2.75) is 12.5 Å². The van der Waals surface area contributed by atoms with E-state index in [9.17, 15) is 23.6 Å². The van der Waals surface area contributed by atoms with Crippen LogP contribution in [0.1, 0.15) is 27.1 Å². The van der Waals surface area contributed by atoms with E-state index in [0.29, 0.717) is 37.4 Å². The van der Waals surface area contributed by atoms with Crippen LogP contribution >= 0.6 is 0 Å². The molecule has 166 valence electrons. The topological polar surface area (TPSA) is 88.4 Å². The number of rotatable bonds is 4. The molecule has 8 nitrogen and oxygen atoms in total. The monoisotopic (exact) mass is 440 g/mol. The number of imide groups is 1. The van der Waals surface area contributed by atoms with Crippen LogP contribution < -0.4 is 9.80 Å². The Bertz CT molecular complexity index is 1060. The van der Waals surface area contributed by atoms with Gasteiger partial charge in [0.15, 0.2) is 6.04 Å². The van der Waals surface area contributed by atoms with Gasteiger partial charge in [0.2, 0.25) is 5.91 Å². The molecule has 2 fully saturated rings. The van der Waals surface area contributed by atoms with Gasteiger partial charge in [0, 0.05) is 0 Å². The van der Waals surface area contributed by atoms with Gasteiger partial charge in [-0.25, -0.2) is 14.1 Å². The van der Waals surface area contributed by atoms with Crippen LogP contribution in [0.15, 0.2) is 48.5 Å². The molecule has 0 spiro atoms. The Labute approximate surface area is 184 Å². The summed E-state index contributed by atoms with van der Waals surface area (Å²) in [5, 5.41) is 0. The molecule has 2 aromatic carbocycles. The number of nitrogens with zero attached hydrogens (tertiary/aromatic N) is 2. The molecule has 2 aromatic rings. The van der Waals surface area contributed by atoms with Gasteiger partial charge in [0.1, 0.15) is 5.82 Å². The Morgan fingerprint density at radius 2 is 1.69 bits per heavy atom. The van der Waals surface area contributed by atoms with Crippen LogP contribution in [0, 0.1) is 5.82 Å². The third-order valence-electron chi connectivity index (χ3n) is 5.98. The Morgan fingerprint density at radius 1 is 1.03 bits per heavy atom. The minimum atomic E-state index is -0.558.